The van der Waals surface area contributed by atoms with E-state index in [0.717, 1.165) is 16.8 Å². The lowest BCUT2D eigenvalue weighted by atomic mass is 9.96. The molecule has 1 aliphatic heterocycles. The van der Waals surface area contributed by atoms with Gasteiger partial charge in [-0.15, -0.1) is 0 Å². The third-order valence-electron chi connectivity index (χ3n) is 3.12. The fourth-order valence-electron chi connectivity index (χ4n) is 2.14. The number of fused-ring (bicyclic) bond motifs is 1. The first-order valence-electron chi connectivity index (χ1n) is 6.24. The van der Waals surface area contributed by atoms with Crippen LogP contribution in [0.15, 0.2) is 18.2 Å². The highest BCUT2D eigenvalue weighted by molar-refractivity contribution is 5.93. The van der Waals surface area contributed by atoms with E-state index in [1.807, 2.05) is 18.2 Å². The number of hydrogen-bond acceptors (Lipinski definition) is 4. The minimum absolute atomic E-state index is 0.0398. The number of aryl methyl sites for hydroxylation is 1. The van der Waals surface area contributed by atoms with E-state index in [1.54, 1.807) is 7.05 Å². The van der Waals surface area contributed by atoms with Gasteiger partial charge in [0.05, 0.1) is 0 Å². The molecule has 6 heteroatoms. The van der Waals surface area contributed by atoms with Gasteiger partial charge in [0.15, 0.2) is 0 Å². The predicted octanol–water partition coefficient (Wildman–Crippen LogP) is 0.212. The Morgan fingerprint density at radius 1 is 1.47 bits per heavy atom. The Morgan fingerprint density at radius 2 is 2.26 bits per heavy atom. The van der Waals surface area contributed by atoms with Gasteiger partial charge in [-0.3, -0.25) is 15.0 Å². The quantitative estimate of drug-likeness (QED) is 0.583. The molecular weight excluding hydrogens is 244 g/mol. The summed E-state index contributed by atoms with van der Waals surface area (Å²) in [7, 11) is 1.63. The van der Waals surface area contributed by atoms with E-state index in [2.05, 4.69) is 16.2 Å². The topological polar surface area (TPSA) is 96.2 Å². The molecule has 0 radical (unpaired) electrons. The zero-order valence-corrected chi connectivity index (χ0v) is 10.8. The van der Waals surface area contributed by atoms with Gasteiger partial charge in [0.1, 0.15) is 0 Å². The van der Waals surface area contributed by atoms with Crippen molar-refractivity contribution in [3.8, 4) is 0 Å². The molecule has 2 rings (SSSR count). The maximum atomic E-state index is 11.4. The van der Waals surface area contributed by atoms with Crippen molar-refractivity contribution in [2.45, 2.75) is 25.3 Å². The van der Waals surface area contributed by atoms with Gasteiger partial charge >= 0.3 is 0 Å². The second-order valence-corrected chi connectivity index (χ2v) is 4.57. The summed E-state index contributed by atoms with van der Waals surface area (Å²) in [5.74, 6) is -0.112. The Balaban J connectivity index is 2.09. The van der Waals surface area contributed by atoms with E-state index in [0.29, 0.717) is 12.8 Å². The van der Waals surface area contributed by atoms with Crippen LogP contribution in [-0.2, 0) is 16.0 Å². The maximum Gasteiger partial charge on any atom is 0.235 e. The van der Waals surface area contributed by atoms with E-state index >= 15 is 0 Å². The van der Waals surface area contributed by atoms with E-state index < -0.39 is 0 Å². The van der Waals surface area contributed by atoms with Gasteiger partial charge in [-0.05, 0) is 23.6 Å². The number of amides is 2. The first-order valence-corrected chi connectivity index (χ1v) is 6.24. The van der Waals surface area contributed by atoms with Crippen molar-refractivity contribution in [2.75, 3.05) is 12.4 Å². The average molecular weight is 262 g/mol. The van der Waals surface area contributed by atoms with E-state index in [9.17, 15) is 9.59 Å². The monoisotopic (exact) mass is 262 g/mol. The van der Waals surface area contributed by atoms with Crippen molar-refractivity contribution < 1.29 is 9.59 Å². The molecule has 1 aromatic rings. The fourth-order valence-corrected chi connectivity index (χ4v) is 2.14. The van der Waals surface area contributed by atoms with Crippen LogP contribution in [0.1, 0.15) is 30.0 Å². The van der Waals surface area contributed by atoms with Gasteiger partial charge in [-0.1, -0.05) is 12.1 Å². The van der Waals surface area contributed by atoms with Crippen molar-refractivity contribution in [1.29, 1.82) is 0 Å². The van der Waals surface area contributed by atoms with E-state index in [-0.39, 0.29) is 24.3 Å². The smallest absolute Gasteiger partial charge is 0.235 e. The second-order valence-electron chi connectivity index (χ2n) is 4.57. The Hall–Kier alpha value is -1.92. The molecule has 2 amide bonds. The van der Waals surface area contributed by atoms with Crippen LogP contribution in [0.5, 0.6) is 0 Å². The molecule has 0 fully saturated rings. The summed E-state index contributed by atoms with van der Waals surface area (Å²) in [5, 5.41) is 2.82. The number of nitrogens with one attached hydrogen (secondary N) is 3. The van der Waals surface area contributed by atoms with Crippen molar-refractivity contribution in [1.82, 2.24) is 10.9 Å². The van der Waals surface area contributed by atoms with Crippen LogP contribution >= 0.6 is 0 Å². The van der Waals surface area contributed by atoms with Crippen molar-refractivity contribution >= 4 is 17.5 Å². The summed E-state index contributed by atoms with van der Waals surface area (Å²) in [6.45, 7) is 0. The standard InChI is InChI=1S/C13H18N4O2/c1-15-17-13(19)7-10(14)8-2-4-11-9(6-8)3-5-12(18)16-11/h2,4,6,10,15H,3,5,7,14H2,1H3,(H,16,18)(H,17,19). The van der Waals surface area contributed by atoms with Crippen LogP contribution in [0.3, 0.4) is 0 Å². The van der Waals surface area contributed by atoms with Gasteiger partial charge in [-0.2, -0.15) is 0 Å². The molecule has 1 aliphatic rings. The van der Waals surface area contributed by atoms with Crippen LogP contribution in [0, 0.1) is 0 Å². The van der Waals surface area contributed by atoms with Crippen molar-refractivity contribution in [3.63, 3.8) is 0 Å². The molecule has 1 heterocycles. The molecule has 0 saturated heterocycles. The van der Waals surface area contributed by atoms with Crippen LogP contribution in [0.25, 0.3) is 0 Å². The van der Waals surface area contributed by atoms with E-state index in [1.165, 1.54) is 0 Å². The normalized spacial score (nSPS) is 15.4. The van der Waals surface area contributed by atoms with Crippen LogP contribution in [0.2, 0.25) is 0 Å². The highest BCUT2D eigenvalue weighted by Gasteiger charge is 2.17. The third-order valence-corrected chi connectivity index (χ3v) is 3.12. The van der Waals surface area contributed by atoms with E-state index in [4.69, 9.17) is 5.73 Å². The number of nitrogens with two attached hydrogens (primary N) is 1. The minimum atomic E-state index is -0.351. The summed E-state index contributed by atoms with van der Waals surface area (Å²) in [4.78, 5) is 22.7. The van der Waals surface area contributed by atoms with Gasteiger partial charge in [0.2, 0.25) is 11.8 Å². The number of carbonyl (C=O) groups excluding carboxylic acids is 2. The number of benzene rings is 1. The highest BCUT2D eigenvalue weighted by Crippen LogP contribution is 2.26. The summed E-state index contributed by atoms with van der Waals surface area (Å²) in [5.41, 5.74) is 13.9. The summed E-state index contributed by atoms with van der Waals surface area (Å²) < 4.78 is 0. The number of rotatable bonds is 4. The van der Waals surface area contributed by atoms with Gasteiger partial charge in [0, 0.05) is 31.6 Å². The molecule has 19 heavy (non-hydrogen) atoms. The molecule has 0 aromatic heterocycles. The molecule has 0 bridgehead atoms. The second kappa shape index (κ2) is 5.81. The maximum absolute atomic E-state index is 11.4. The van der Waals surface area contributed by atoms with Crippen LogP contribution in [-0.4, -0.2) is 18.9 Å². The Kier molecular flexibility index (Phi) is 4.13. The lowest BCUT2D eigenvalue weighted by Crippen LogP contribution is -2.36. The first kappa shape index (κ1) is 13.5. The van der Waals surface area contributed by atoms with Crippen molar-refractivity contribution in [3.05, 3.63) is 29.3 Å². The average Bonchev–Trinajstić information content (AvgIpc) is 2.38. The van der Waals surface area contributed by atoms with Gasteiger partial charge < -0.3 is 11.1 Å². The summed E-state index contributed by atoms with van der Waals surface area (Å²) >= 11 is 0. The summed E-state index contributed by atoms with van der Waals surface area (Å²) in [6, 6.07) is 5.31. The molecule has 1 atom stereocenters. The first-order chi connectivity index (χ1) is 9.10. The zero-order valence-electron chi connectivity index (χ0n) is 10.8. The fraction of sp³-hybridized carbons (Fsp3) is 0.385. The summed E-state index contributed by atoms with van der Waals surface area (Å²) in [6.07, 6.45) is 1.42. The number of hydrogen-bond donors (Lipinski definition) is 4. The minimum Gasteiger partial charge on any atom is -0.326 e. The lowest BCUT2D eigenvalue weighted by Gasteiger charge is -2.19. The molecule has 102 valence electrons. The van der Waals surface area contributed by atoms with Crippen molar-refractivity contribution in [2.24, 2.45) is 5.73 Å². The molecule has 5 N–H and O–H groups in total. The third kappa shape index (κ3) is 3.30. The number of anilines is 1. The molecule has 1 unspecified atom stereocenters. The molecule has 6 nitrogen and oxygen atoms in total. The van der Waals surface area contributed by atoms with Gasteiger partial charge in [-0.25, -0.2) is 5.43 Å². The predicted molar refractivity (Wildman–Crippen MR) is 72.1 cm³/mol. The van der Waals surface area contributed by atoms with Gasteiger partial charge in [0.25, 0.3) is 0 Å². The Morgan fingerprint density at radius 3 is 3.00 bits per heavy atom. The zero-order chi connectivity index (χ0) is 13.8. The molecule has 0 spiro atoms. The Bertz CT molecular complexity index is 501. The molecular formula is C13H18N4O2. The van der Waals surface area contributed by atoms with Crippen LogP contribution in [0.4, 0.5) is 5.69 Å². The highest BCUT2D eigenvalue weighted by atomic mass is 16.2. The van der Waals surface area contributed by atoms with Crippen LogP contribution < -0.4 is 21.9 Å². The Labute approximate surface area is 111 Å². The molecule has 0 saturated carbocycles. The molecule has 0 aliphatic carbocycles. The number of hydrazine groups is 1. The number of carbonyl (C=O) groups is 2. The largest absolute Gasteiger partial charge is 0.326 e. The molecule has 1 aromatic carbocycles. The SMILES string of the molecule is CNNC(=O)CC(N)c1ccc2c(c1)CCC(=O)N2. The lowest BCUT2D eigenvalue weighted by molar-refractivity contribution is -0.122.